The Kier molecular flexibility index (Phi) is 4.50. The number of hydrogen-bond donors (Lipinski definition) is 2. The van der Waals surface area contributed by atoms with Crippen LogP contribution >= 0.6 is 0 Å². The minimum atomic E-state index is -4.83. The predicted molar refractivity (Wildman–Crippen MR) is 71.5 cm³/mol. The van der Waals surface area contributed by atoms with Crippen molar-refractivity contribution in [3.8, 4) is 5.75 Å². The lowest BCUT2D eigenvalue weighted by Crippen LogP contribution is -2.22. The van der Waals surface area contributed by atoms with Crippen molar-refractivity contribution in [2.45, 2.75) is 18.5 Å². The number of alkyl halides is 3. The summed E-state index contributed by atoms with van der Waals surface area (Å²) >= 11 is 0. The summed E-state index contributed by atoms with van der Waals surface area (Å²) in [7, 11) is 0. The number of aliphatic hydroxyl groups excluding tert-OH is 1. The second-order valence-electron chi connectivity index (χ2n) is 4.47. The largest absolute Gasteiger partial charge is 0.573 e. The maximum Gasteiger partial charge on any atom is 0.573 e. The Morgan fingerprint density at radius 3 is 2.14 bits per heavy atom. The molecule has 21 heavy (non-hydrogen) atoms. The summed E-state index contributed by atoms with van der Waals surface area (Å²) in [5, 5.41) is 10.2. The summed E-state index contributed by atoms with van der Waals surface area (Å²) in [6, 6.07) is 13.2. The highest BCUT2D eigenvalue weighted by Gasteiger charge is 2.33. The molecule has 0 fully saturated rings. The molecule has 0 bridgehead atoms. The fraction of sp³-hybridized carbons (Fsp3) is 0.200. The molecule has 112 valence electrons. The summed E-state index contributed by atoms with van der Waals surface area (Å²) in [6.07, 6.45) is -6.14. The molecule has 0 spiro atoms. The molecule has 0 saturated heterocycles. The Bertz CT molecular complexity index is 587. The van der Waals surface area contributed by atoms with E-state index >= 15 is 0 Å². The smallest absolute Gasteiger partial charge is 0.405 e. The number of halogens is 3. The molecule has 0 saturated carbocycles. The van der Waals surface area contributed by atoms with Crippen LogP contribution in [0.2, 0.25) is 0 Å². The Morgan fingerprint density at radius 1 is 0.952 bits per heavy atom. The Balaban J connectivity index is 2.29. The van der Waals surface area contributed by atoms with Crippen LogP contribution < -0.4 is 10.5 Å². The molecule has 2 aromatic carbocycles. The van der Waals surface area contributed by atoms with Gasteiger partial charge in [0.05, 0.1) is 6.04 Å². The van der Waals surface area contributed by atoms with Gasteiger partial charge in [0.2, 0.25) is 0 Å². The number of rotatable bonds is 4. The summed E-state index contributed by atoms with van der Waals surface area (Å²) in [5.41, 5.74) is 6.53. The van der Waals surface area contributed by atoms with Crippen molar-refractivity contribution >= 4 is 0 Å². The third-order valence-corrected chi connectivity index (χ3v) is 2.99. The molecule has 2 unspecified atom stereocenters. The summed E-state index contributed by atoms with van der Waals surface area (Å²) < 4.78 is 41.0. The molecule has 6 heteroatoms. The number of nitrogens with two attached hydrogens (primary N) is 1. The topological polar surface area (TPSA) is 55.5 Å². The third-order valence-electron chi connectivity index (χ3n) is 2.99. The van der Waals surface area contributed by atoms with E-state index in [9.17, 15) is 18.3 Å². The van der Waals surface area contributed by atoms with Crippen LogP contribution in [-0.2, 0) is 0 Å². The monoisotopic (exact) mass is 297 g/mol. The molecule has 2 aromatic rings. The lowest BCUT2D eigenvalue weighted by atomic mass is 9.96. The van der Waals surface area contributed by atoms with Crippen LogP contribution in [0.15, 0.2) is 54.6 Å². The van der Waals surface area contributed by atoms with E-state index in [1.54, 1.807) is 30.3 Å². The predicted octanol–water partition coefficient (Wildman–Crippen LogP) is 3.32. The van der Waals surface area contributed by atoms with Crippen molar-refractivity contribution in [1.82, 2.24) is 0 Å². The molecule has 0 aliphatic carbocycles. The zero-order chi connectivity index (χ0) is 15.5. The fourth-order valence-corrected chi connectivity index (χ4v) is 1.99. The molecule has 0 aromatic heterocycles. The first-order valence-electron chi connectivity index (χ1n) is 6.22. The van der Waals surface area contributed by atoms with E-state index < -0.39 is 24.3 Å². The van der Waals surface area contributed by atoms with Gasteiger partial charge in [-0.1, -0.05) is 48.5 Å². The first kappa shape index (κ1) is 15.3. The zero-order valence-electron chi connectivity index (χ0n) is 10.9. The minimum Gasteiger partial charge on any atom is -0.405 e. The maximum absolute atomic E-state index is 12.4. The fourth-order valence-electron chi connectivity index (χ4n) is 1.99. The molecule has 0 radical (unpaired) electrons. The number of hydrogen-bond acceptors (Lipinski definition) is 3. The van der Waals surface area contributed by atoms with Gasteiger partial charge in [-0.15, -0.1) is 13.2 Å². The zero-order valence-corrected chi connectivity index (χ0v) is 10.9. The molecule has 0 aliphatic heterocycles. The van der Waals surface area contributed by atoms with E-state index in [1.165, 1.54) is 18.2 Å². The van der Waals surface area contributed by atoms with Crippen molar-refractivity contribution in [3.63, 3.8) is 0 Å². The molecule has 3 N–H and O–H groups in total. The van der Waals surface area contributed by atoms with E-state index in [0.717, 1.165) is 6.07 Å². The van der Waals surface area contributed by atoms with Crippen molar-refractivity contribution in [2.75, 3.05) is 0 Å². The summed E-state index contributed by atoms with van der Waals surface area (Å²) in [6.45, 7) is 0. The van der Waals surface area contributed by atoms with Gasteiger partial charge in [-0.3, -0.25) is 0 Å². The maximum atomic E-state index is 12.4. The molecule has 2 atom stereocenters. The number of aliphatic hydroxyl groups is 1. The van der Waals surface area contributed by atoms with Gasteiger partial charge in [0.25, 0.3) is 0 Å². The van der Waals surface area contributed by atoms with Crippen LogP contribution in [0.4, 0.5) is 13.2 Å². The van der Waals surface area contributed by atoms with Crippen LogP contribution in [0.1, 0.15) is 23.3 Å². The standard InChI is InChI=1S/C15H14F3NO2/c16-15(17,18)21-12-9-5-4-8-11(12)14(20)13(19)10-6-2-1-3-7-10/h1-9,13-14,20H,19H2. The first-order chi connectivity index (χ1) is 9.88. The van der Waals surface area contributed by atoms with Gasteiger partial charge in [-0.25, -0.2) is 0 Å². The first-order valence-corrected chi connectivity index (χ1v) is 6.22. The Morgan fingerprint density at radius 2 is 1.52 bits per heavy atom. The second kappa shape index (κ2) is 6.15. The van der Waals surface area contributed by atoms with E-state index in [4.69, 9.17) is 5.73 Å². The molecular formula is C15H14F3NO2. The lowest BCUT2D eigenvalue weighted by Gasteiger charge is -2.22. The average Bonchev–Trinajstić information content (AvgIpc) is 2.45. The lowest BCUT2D eigenvalue weighted by molar-refractivity contribution is -0.275. The molecule has 0 amide bonds. The van der Waals surface area contributed by atoms with Crippen molar-refractivity contribution in [3.05, 3.63) is 65.7 Å². The number of para-hydroxylation sites is 1. The van der Waals surface area contributed by atoms with Gasteiger partial charge in [-0.2, -0.15) is 0 Å². The van der Waals surface area contributed by atoms with Gasteiger partial charge in [0.1, 0.15) is 11.9 Å². The quantitative estimate of drug-likeness (QED) is 0.910. The van der Waals surface area contributed by atoms with Gasteiger partial charge in [0.15, 0.2) is 0 Å². The van der Waals surface area contributed by atoms with Crippen LogP contribution in [-0.4, -0.2) is 11.5 Å². The van der Waals surface area contributed by atoms with Crippen LogP contribution in [0.5, 0.6) is 5.75 Å². The summed E-state index contributed by atoms with van der Waals surface area (Å²) in [4.78, 5) is 0. The van der Waals surface area contributed by atoms with Gasteiger partial charge < -0.3 is 15.6 Å². The highest BCUT2D eigenvalue weighted by atomic mass is 19.4. The van der Waals surface area contributed by atoms with Gasteiger partial charge >= 0.3 is 6.36 Å². The number of ether oxygens (including phenoxy) is 1. The van der Waals surface area contributed by atoms with E-state index in [2.05, 4.69) is 4.74 Å². The molecule has 3 nitrogen and oxygen atoms in total. The van der Waals surface area contributed by atoms with Crippen molar-refractivity contribution in [1.29, 1.82) is 0 Å². The highest BCUT2D eigenvalue weighted by Crippen LogP contribution is 2.35. The minimum absolute atomic E-state index is 0.00817. The Labute approximate surface area is 119 Å². The SMILES string of the molecule is NC(c1ccccc1)C(O)c1ccccc1OC(F)(F)F. The van der Waals surface area contributed by atoms with Crippen LogP contribution in [0.3, 0.4) is 0 Å². The number of benzene rings is 2. The average molecular weight is 297 g/mol. The van der Waals surface area contributed by atoms with Gasteiger partial charge in [0, 0.05) is 5.56 Å². The van der Waals surface area contributed by atoms with Crippen LogP contribution in [0.25, 0.3) is 0 Å². The van der Waals surface area contributed by atoms with Crippen molar-refractivity contribution < 1.29 is 23.0 Å². The summed E-state index contributed by atoms with van der Waals surface area (Å²) in [5.74, 6) is -0.455. The van der Waals surface area contributed by atoms with E-state index in [0.29, 0.717) is 5.56 Å². The normalized spacial score (nSPS) is 14.5. The van der Waals surface area contributed by atoms with Crippen molar-refractivity contribution in [2.24, 2.45) is 5.73 Å². The molecule has 2 rings (SSSR count). The van der Waals surface area contributed by atoms with E-state index in [-0.39, 0.29) is 5.56 Å². The molecule has 0 aliphatic rings. The highest BCUT2D eigenvalue weighted by molar-refractivity contribution is 5.37. The van der Waals surface area contributed by atoms with Crippen LogP contribution in [0, 0.1) is 0 Å². The molecular weight excluding hydrogens is 283 g/mol. The third kappa shape index (κ3) is 3.96. The molecule has 0 heterocycles. The second-order valence-corrected chi connectivity index (χ2v) is 4.47. The van der Waals surface area contributed by atoms with Gasteiger partial charge in [-0.05, 0) is 11.6 Å². The Hall–Kier alpha value is -2.05. The van der Waals surface area contributed by atoms with E-state index in [1.807, 2.05) is 0 Å².